The van der Waals surface area contributed by atoms with E-state index >= 15 is 0 Å². The van der Waals surface area contributed by atoms with Gasteiger partial charge in [-0.3, -0.25) is 9.69 Å². The highest BCUT2D eigenvalue weighted by molar-refractivity contribution is 5.71. The number of hydrogen-bond acceptors (Lipinski definition) is 4. The lowest BCUT2D eigenvalue weighted by molar-refractivity contribution is -0.144. The molecule has 0 aromatic rings. The van der Waals surface area contributed by atoms with Gasteiger partial charge in [0.1, 0.15) is 0 Å². The molecule has 0 aromatic heterocycles. The summed E-state index contributed by atoms with van der Waals surface area (Å²) in [5.41, 5.74) is 5.91. The Morgan fingerprint density at radius 3 is 2.53 bits per heavy atom. The van der Waals surface area contributed by atoms with Crippen molar-refractivity contribution in [1.29, 1.82) is 0 Å². The number of esters is 1. The third-order valence-corrected chi connectivity index (χ3v) is 2.90. The van der Waals surface area contributed by atoms with Crippen LogP contribution in [0, 0.1) is 5.41 Å². The first-order valence-electron chi connectivity index (χ1n) is 6.45. The number of nitrogens with zero attached hydrogens (tertiary/aromatic N) is 1. The fourth-order valence-electron chi connectivity index (χ4n) is 1.59. The molecule has 4 heteroatoms. The summed E-state index contributed by atoms with van der Waals surface area (Å²) in [4.78, 5) is 13.2. The Balaban J connectivity index is 3.58. The molecule has 17 heavy (non-hydrogen) atoms. The van der Waals surface area contributed by atoms with Crippen LogP contribution in [0.5, 0.6) is 0 Å². The molecule has 0 aliphatic carbocycles. The predicted molar refractivity (Wildman–Crippen MR) is 70.8 cm³/mol. The van der Waals surface area contributed by atoms with E-state index in [0.717, 1.165) is 32.4 Å². The zero-order chi connectivity index (χ0) is 13.3. The maximum atomic E-state index is 11.2. The van der Waals surface area contributed by atoms with Gasteiger partial charge in [-0.25, -0.2) is 0 Å². The van der Waals surface area contributed by atoms with Crippen molar-refractivity contribution in [3.05, 3.63) is 0 Å². The van der Waals surface area contributed by atoms with Gasteiger partial charge in [0, 0.05) is 0 Å². The Kier molecular flexibility index (Phi) is 8.17. The molecule has 0 atom stereocenters. The van der Waals surface area contributed by atoms with Gasteiger partial charge in [0.25, 0.3) is 0 Å². The third kappa shape index (κ3) is 9.12. The molecule has 0 heterocycles. The monoisotopic (exact) mass is 244 g/mol. The number of nitrogens with two attached hydrogens (primary N) is 1. The molecule has 0 radical (unpaired) electrons. The summed E-state index contributed by atoms with van der Waals surface area (Å²) in [6.07, 6.45) is 3.38. The molecule has 0 amide bonds. The summed E-state index contributed by atoms with van der Waals surface area (Å²) in [6, 6.07) is 0. The molecule has 0 saturated carbocycles. The van der Waals surface area contributed by atoms with Crippen molar-refractivity contribution in [1.82, 2.24) is 4.90 Å². The van der Waals surface area contributed by atoms with Crippen molar-refractivity contribution >= 4 is 5.97 Å². The first kappa shape index (κ1) is 16.4. The molecule has 0 spiro atoms. The van der Waals surface area contributed by atoms with Crippen LogP contribution in [0.2, 0.25) is 0 Å². The van der Waals surface area contributed by atoms with Crippen LogP contribution in [-0.2, 0) is 9.53 Å². The van der Waals surface area contributed by atoms with Gasteiger partial charge in [-0.1, -0.05) is 20.3 Å². The largest absolute Gasteiger partial charge is 0.465 e. The minimum atomic E-state index is -0.141. The van der Waals surface area contributed by atoms with E-state index in [1.54, 1.807) is 0 Å². The minimum Gasteiger partial charge on any atom is -0.465 e. The van der Waals surface area contributed by atoms with E-state index in [4.69, 9.17) is 10.5 Å². The molecule has 0 saturated heterocycles. The first-order valence-corrected chi connectivity index (χ1v) is 6.45. The van der Waals surface area contributed by atoms with Gasteiger partial charge in [0.15, 0.2) is 0 Å². The van der Waals surface area contributed by atoms with Crippen LogP contribution in [0.4, 0.5) is 0 Å². The van der Waals surface area contributed by atoms with Crippen LogP contribution in [0.15, 0.2) is 0 Å². The second kappa shape index (κ2) is 8.48. The van der Waals surface area contributed by atoms with E-state index in [2.05, 4.69) is 13.8 Å². The highest BCUT2D eigenvalue weighted by atomic mass is 16.5. The Morgan fingerprint density at radius 1 is 1.35 bits per heavy atom. The van der Waals surface area contributed by atoms with Crippen molar-refractivity contribution in [3.8, 4) is 0 Å². The number of carbonyl (C=O) groups excluding carboxylic acids is 1. The quantitative estimate of drug-likeness (QED) is 0.495. The van der Waals surface area contributed by atoms with Crippen LogP contribution < -0.4 is 5.73 Å². The van der Waals surface area contributed by atoms with Crippen LogP contribution in [0.25, 0.3) is 0 Å². The van der Waals surface area contributed by atoms with Gasteiger partial charge in [-0.2, -0.15) is 0 Å². The molecule has 0 unspecified atom stereocenters. The fraction of sp³-hybridized carbons (Fsp3) is 0.923. The highest BCUT2D eigenvalue weighted by Crippen LogP contribution is 2.21. The number of likely N-dealkylation sites (N-methyl/N-ethyl adjacent to an activating group) is 1. The summed E-state index contributed by atoms with van der Waals surface area (Å²) in [6.45, 7) is 8.70. The van der Waals surface area contributed by atoms with Gasteiger partial charge < -0.3 is 10.5 Å². The Bertz CT molecular complexity index is 217. The molecule has 102 valence electrons. The molecule has 0 bridgehead atoms. The summed E-state index contributed by atoms with van der Waals surface area (Å²) in [5.74, 6) is -0.141. The summed E-state index contributed by atoms with van der Waals surface area (Å²) in [7, 11) is 1.95. The van der Waals surface area contributed by atoms with E-state index in [1.165, 1.54) is 0 Å². The SMILES string of the molecule is CCOC(=O)CN(C)CCCCC(C)(C)CN. The number of hydrogen-bond donors (Lipinski definition) is 1. The molecule has 2 N–H and O–H groups in total. The highest BCUT2D eigenvalue weighted by Gasteiger charge is 2.14. The van der Waals surface area contributed by atoms with Crippen molar-refractivity contribution in [2.45, 2.75) is 40.0 Å². The lowest BCUT2D eigenvalue weighted by atomic mass is 9.87. The van der Waals surface area contributed by atoms with Crippen LogP contribution in [0.3, 0.4) is 0 Å². The average Bonchev–Trinajstić information content (AvgIpc) is 2.25. The van der Waals surface area contributed by atoms with E-state index in [9.17, 15) is 4.79 Å². The van der Waals surface area contributed by atoms with Crippen LogP contribution in [0.1, 0.15) is 40.0 Å². The van der Waals surface area contributed by atoms with Crippen LogP contribution >= 0.6 is 0 Å². The van der Waals surface area contributed by atoms with E-state index in [-0.39, 0.29) is 11.4 Å². The van der Waals surface area contributed by atoms with E-state index in [1.807, 2.05) is 18.9 Å². The average molecular weight is 244 g/mol. The molecule has 0 aliphatic heterocycles. The molecule has 0 aromatic carbocycles. The first-order chi connectivity index (χ1) is 7.91. The smallest absolute Gasteiger partial charge is 0.320 e. The lowest BCUT2D eigenvalue weighted by Crippen LogP contribution is -2.28. The fourth-order valence-corrected chi connectivity index (χ4v) is 1.59. The maximum Gasteiger partial charge on any atom is 0.320 e. The standard InChI is InChI=1S/C13H28N2O2/c1-5-17-12(16)10-15(4)9-7-6-8-13(2,3)11-14/h5-11,14H2,1-4H3. The van der Waals surface area contributed by atoms with E-state index < -0.39 is 0 Å². The molecular formula is C13H28N2O2. The third-order valence-electron chi connectivity index (χ3n) is 2.90. The number of carbonyl (C=O) groups is 1. The second-order valence-corrected chi connectivity index (χ2v) is 5.37. The summed E-state index contributed by atoms with van der Waals surface area (Å²) >= 11 is 0. The Hall–Kier alpha value is -0.610. The number of rotatable bonds is 9. The number of ether oxygens (including phenoxy) is 1. The summed E-state index contributed by atoms with van der Waals surface area (Å²) in [5, 5.41) is 0. The lowest BCUT2D eigenvalue weighted by Gasteiger charge is -2.22. The molecule has 4 nitrogen and oxygen atoms in total. The predicted octanol–water partition coefficient (Wildman–Crippen LogP) is 1.64. The second-order valence-electron chi connectivity index (χ2n) is 5.37. The normalized spacial score (nSPS) is 11.9. The molecular weight excluding hydrogens is 216 g/mol. The van der Waals surface area contributed by atoms with Gasteiger partial charge in [-0.15, -0.1) is 0 Å². The minimum absolute atomic E-state index is 0.141. The van der Waals surface area contributed by atoms with Gasteiger partial charge in [-0.05, 0) is 45.3 Å². The zero-order valence-electron chi connectivity index (χ0n) is 11.8. The Morgan fingerprint density at radius 2 is 2.00 bits per heavy atom. The van der Waals surface area contributed by atoms with Crippen molar-refractivity contribution < 1.29 is 9.53 Å². The maximum absolute atomic E-state index is 11.2. The number of unbranched alkanes of at least 4 members (excludes halogenated alkanes) is 1. The van der Waals surface area contributed by atoms with Crippen molar-refractivity contribution in [2.24, 2.45) is 11.1 Å². The van der Waals surface area contributed by atoms with Crippen molar-refractivity contribution in [3.63, 3.8) is 0 Å². The zero-order valence-corrected chi connectivity index (χ0v) is 11.8. The van der Waals surface area contributed by atoms with Gasteiger partial charge in [0.05, 0.1) is 13.2 Å². The summed E-state index contributed by atoms with van der Waals surface area (Å²) < 4.78 is 4.89. The molecule has 0 fully saturated rings. The van der Waals surface area contributed by atoms with Crippen molar-refractivity contribution in [2.75, 3.05) is 33.3 Å². The molecule has 0 rings (SSSR count). The van der Waals surface area contributed by atoms with E-state index in [0.29, 0.717) is 13.2 Å². The van der Waals surface area contributed by atoms with Gasteiger partial charge in [0.2, 0.25) is 0 Å². The molecule has 0 aliphatic rings. The topological polar surface area (TPSA) is 55.6 Å². The Labute approximate surface area is 105 Å². The van der Waals surface area contributed by atoms with Gasteiger partial charge >= 0.3 is 5.97 Å². The van der Waals surface area contributed by atoms with Crippen LogP contribution in [-0.4, -0.2) is 44.2 Å².